The number of nitrogens with one attached hydrogen (secondary N) is 1. The molecular weight excluding hydrogens is 144 g/mol. The number of hydrogen-bond donors (Lipinski definition) is 3. The van der Waals surface area contributed by atoms with Crippen molar-refractivity contribution in [3.8, 4) is 0 Å². The van der Waals surface area contributed by atoms with Crippen LogP contribution in [0.25, 0.3) is 0 Å². The molecule has 0 saturated carbocycles. The molecule has 0 amide bonds. The predicted molar refractivity (Wildman–Crippen MR) is 44.5 cm³/mol. The van der Waals surface area contributed by atoms with E-state index in [9.17, 15) is 5.11 Å². The van der Waals surface area contributed by atoms with Crippen LogP contribution in [0.5, 0.6) is 0 Å². The number of nitrogens with zero attached hydrogens (tertiary/aromatic N) is 1. The van der Waals surface area contributed by atoms with Crippen LogP contribution >= 0.6 is 0 Å². The summed E-state index contributed by atoms with van der Waals surface area (Å²) < 4.78 is 0. The van der Waals surface area contributed by atoms with E-state index in [1.54, 1.807) is 7.05 Å². The first-order chi connectivity index (χ1) is 5.13. The van der Waals surface area contributed by atoms with Gasteiger partial charge in [0, 0.05) is 6.54 Å². The van der Waals surface area contributed by atoms with Crippen LogP contribution in [0.3, 0.4) is 0 Å². The number of aliphatic hydroxyl groups is 2. The van der Waals surface area contributed by atoms with Crippen LogP contribution in [0.1, 0.15) is 0 Å². The lowest BCUT2D eigenvalue weighted by Crippen LogP contribution is -2.46. The molecule has 0 spiro atoms. The highest BCUT2D eigenvalue weighted by Crippen LogP contribution is 1.98. The lowest BCUT2D eigenvalue weighted by molar-refractivity contribution is 0.0412. The maximum Gasteiger partial charge on any atom is 0.0841 e. The third-order valence-corrected chi connectivity index (χ3v) is 1.71. The van der Waals surface area contributed by atoms with Crippen molar-refractivity contribution in [2.75, 3.05) is 34.3 Å². The average molecular weight is 162 g/mol. The fourth-order valence-corrected chi connectivity index (χ4v) is 0.974. The number of likely N-dealkylation sites (N-methyl/N-ethyl adjacent to an activating group) is 2. The molecule has 11 heavy (non-hydrogen) atoms. The third kappa shape index (κ3) is 3.67. The second-order valence-electron chi connectivity index (χ2n) is 2.84. The molecule has 2 unspecified atom stereocenters. The minimum atomic E-state index is -0.514. The Kier molecular flexibility index (Phi) is 5.41. The fourth-order valence-electron chi connectivity index (χ4n) is 0.974. The maximum atomic E-state index is 9.42. The van der Waals surface area contributed by atoms with E-state index in [0.29, 0.717) is 6.54 Å². The topological polar surface area (TPSA) is 55.7 Å². The summed E-state index contributed by atoms with van der Waals surface area (Å²) >= 11 is 0. The molecule has 0 aromatic heterocycles. The Balaban J connectivity index is 3.81. The molecule has 3 N–H and O–H groups in total. The summed E-state index contributed by atoms with van der Waals surface area (Å²) in [5.74, 6) is 0. The smallest absolute Gasteiger partial charge is 0.0841 e. The molecule has 0 aromatic carbocycles. The fraction of sp³-hybridized carbons (Fsp3) is 1.00. The molecular formula is C7H18N2O2. The van der Waals surface area contributed by atoms with E-state index in [2.05, 4.69) is 5.32 Å². The molecule has 0 aliphatic heterocycles. The van der Waals surface area contributed by atoms with E-state index in [0.717, 1.165) is 0 Å². The molecule has 0 aromatic rings. The predicted octanol–water partition coefficient (Wildman–Crippen LogP) is -1.51. The first kappa shape index (κ1) is 10.8. The molecule has 0 rings (SSSR count). The molecule has 0 aliphatic carbocycles. The van der Waals surface area contributed by atoms with Crippen LogP contribution in [0.15, 0.2) is 0 Å². The first-order valence-corrected chi connectivity index (χ1v) is 3.73. The van der Waals surface area contributed by atoms with E-state index >= 15 is 0 Å². The van der Waals surface area contributed by atoms with Gasteiger partial charge in [0.2, 0.25) is 0 Å². The van der Waals surface area contributed by atoms with E-state index in [1.807, 2.05) is 19.0 Å². The second kappa shape index (κ2) is 5.49. The van der Waals surface area contributed by atoms with Gasteiger partial charge in [0.15, 0.2) is 0 Å². The van der Waals surface area contributed by atoms with Gasteiger partial charge in [-0.05, 0) is 21.1 Å². The molecule has 0 saturated heterocycles. The van der Waals surface area contributed by atoms with Crippen molar-refractivity contribution in [1.82, 2.24) is 10.2 Å². The minimum absolute atomic E-state index is 0.0180. The highest BCUT2D eigenvalue weighted by Gasteiger charge is 2.18. The molecule has 0 bridgehead atoms. The van der Waals surface area contributed by atoms with Crippen LogP contribution in [-0.2, 0) is 0 Å². The normalized spacial score (nSPS) is 16.9. The number of aliphatic hydroxyl groups excluding tert-OH is 2. The third-order valence-electron chi connectivity index (χ3n) is 1.71. The Hall–Kier alpha value is -0.160. The zero-order valence-corrected chi connectivity index (χ0v) is 7.41. The summed E-state index contributed by atoms with van der Waals surface area (Å²) in [5.41, 5.74) is 0. The van der Waals surface area contributed by atoms with Crippen molar-refractivity contribution in [3.63, 3.8) is 0 Å². The standard InChI is InChI=1S/C7H18N2O2/c1-8-4-7(11)6(5-10)9(2)3/h6-8,10-11H,4-5H2,1-3H3. The van der Waals surface area contributed by atoms with Gasteiger partial charge in [0.05, 0.1) is 18.8 Å². The quantitative estimate of drug-likeness (QED) is 0.460. The lowest BCUT2D eigenvalue weighted by atomic mass is 10.1. The van der Waals surface area contributed by atoms with Gasteiger partial charge in [-0.1, -0.05) is 0 Å². The van der Waals surface area contributed by atoms with Gasteiger partial charge < -0.3 is 20.4 Å². The molecule has 0 heterocycles. The summed E-state index contributed by atoms with van der Waals surface area (Å²) in [5, 5.41) is 21.1. The Bertz CT molecular complexity index is 98.4. The summed E-state index contributed by atoms with van der Waals surface area (Å²) in [6, 6.07) is -0.178. The largest absolute Gasteiger partial charge is 0.395 e. The summed E-state index contributed by atoms with van der Waals surface area (Å²) in [6.07, 6.45) is -0.514. The minimum Gasteiger partial charge on any atom is -0.395 e. The highest BCUT2D eigenvalue weighted by atomic mass is 16.3. The van der Waals surface area contributed by atoms with E-state index in [4.69, 9.17) is 5.11 Å². The average Bonchev–Trinajstić information content (AvgIpc) is 1.88. The van der Waals surface area contributed by atoms with Crippen molar-refractivity contribution in [2.24, 2.45) is 0 Å². The van der Waals surface area contributed by atoms with Gasteiger partial charge in [0.1, 0.15) is 0 Å². The number of rotatable bonds is 5. The van der Waals surface area contributed by atoms with Crippen LogP contribution in [0, 0.1) is 0 Å². The Morgan fingerprint density at radius 2 is 2.00 bits per heavy atom. The molecule has 0 radical (unpaired) electrons. The van der Waals surface area contributed by atoms with Crippen molar-refractivity contribution < 1.29 is 10.2 Å². The van der Waals surface area contributed by atoms with E-state index < -0.39 is 6.10 Å². The monoisotopic (exact) mass is 162 g/mol. The number of hydrogen-bond acceptors (Lipinski definition) is 4. The van der Waals surface area contributed by atoms with Crippen LogP contribution in [0.4, 0.5) is 0 Å². The second-order valence-corrected chi connectivity index (χ2v) is 2.84. The zero-order valence-electron chi connectivity index (χ0n) is 7.41. The molecule has 0 fully saturated rings. The zero-order chi connectivity index (χ0) is 8.85. The molecule has 68 valence electrons. The van der Waals surface area contributed by atoms with Crippen molar-refractivity contribution in [1.29, 1.82) is 0 Å². The van der Waals surface area contributed by atoms with Crippen LogP contribution in [-0.4, -0.2) is 61.6 Å². The van der Waals surface area contributed by atoms with Gasteiger partial charge in [0.25, 0.3) is 0 Å². The van der Waals surface area contributed by atoms with Crippen LogP contribution in [0.2, 0.25) is 0 Å². The Morgan fingerprint density at radius 3 is 2.27 bits per heavy atom. The molecule has 0 aliphatic rings. The van der Waals surface area contributed by atoms with Gasteiger partial charge in [-0.3, -0.25) is 0 Å². The van der Waals surface area contributed by atoms with E-state index in [-0.39, 0.29) is 12.6 Å². The van der Waals surface area contributed by atoms with Crippen molar-refractivity contribution >= 4 is 0 Å². The molecule has 4 nitrogen and oxygen atoms in total. The SMILES string of the molecule is CNCC(O)C(CO)N(C)C. The molecule has 2 atom stereocenters. The summed E-state index contributed by atoms with van der Waals surface area (Å²) in [6.45, 7) is 0.485. The maximum absolute atomic E-state index is 9.42. The van der Waals surface area contributed by atoms with Crippen molar-refractivity contribution in [3.05, 3.63) is 0 Å². The molecule has 4 heteroatoms. The van der Waals surface area contributed by atoms with Gasteiger partial charge in [-0.25, -0.2) is 0 Å². The summed E-state index contributed by atoms with van der Waals surface area (Å²) in [7, 11) is 5.44. The highest BCUT2D eigenvalue weighted by molar-refractivity contribution is 4.75. The summed E-state index contributed by atoms with van der Waals surface area (Å²) in [4.78, 5) is 1.81. The van der Waals surface area contributed by atoms with E-state index in [1.165, 1.54) is 0 Å². The van der Waals surface area contributed by atoms with Gasteiger partial charge in [-0.2, -0.15) is 0 Å². The van der Waals surface area contributed by atoms with Gasteiger partial charge in [-0.15, -0.1) is 0 Å². The van der Waals surface area contributed by atoms with Gasteiger partial charge >= 0.3 is 0 Å². The van der Waals surface area contributed by atoms with Crippen LogP contribution < -0.4 is 5.32 Å². The first-order valence-electron chi connectivity index (χ1n) is 3.73. The Morgan fingerprint density at radius 1 is 1.45 bits per heavy atom. The van der Waals surface area contributed by atoms with Crippen molar-refractivity contribution in [2.45, 2.75) is 12.1 Å². The lowest BCUT2D eigenvalue weighted by Gasteiger charge is -2.26. The Labute approximate surface area is 67.8 Å².